The fourth-order valence-electron chi connectivity index (χ4n) is 14.8. The summed E-state index contributed by atoms with van der Waals surface area (Å²) >= 11 is 0. The van der Waals surface area contributed by atoms with Crippen LogP contribution in [-0.4, -0.2) is 6.71 Å². The van der Waals surface area contributed by atoms with Gasteiger partial charge in [-0.3, -0.25) is 0 Å². The lowest BCUT2D eigenvalue weighted by molar-refractivity contribution is 0.332. The van der Waals surface area contributed by atoms with Gasteiger partial charge < -0.3 is 9.80 Å². The van der Waals surface area contributed by atoms with Crippen LogP contribution in [0.15, 0.2) is 127 Å². The average molecular weight is 959 g/mol. The molecule has 0 atom stereocenters. The SMILES string of the molecule is Cc1cc2c(cc1N1c3cc4c(cc3B3c5cc6c(cc5N(c5ccc(-c7ccccc7)cc5-c5ccccc5)c5cc(C(C)(C)C)cc1c53)C(C)(C)CCC6(C)C)C(C)(C)CC4(C)C)C(C)(C)CCC2(C)C. The van der Waals surface area contributed by atoms with E-state index in [2.05, 4.69) is 248 Å². The van der Waals surface area contributed by atoms with Crippen LogP contribution in [0.25, 0.3) is 22.3 Å². The molecule has 3 heteroatoms. The van der Waals surface area contributed by atoms with Crippen LogP contribution in [0, 0.1) is 6.92 Å². The number of benzene rings is 7. The summed E-state index contributed by atoms with van der Waals surface area (Å²) in [6, 6.07) is 50.7. The van der Waals surface area contributed by atoms with E-state index in [4.69, 9.17) is 0 Å². The average Bonchev–Trinajstić information content (AvgIpc) is 3.52. The zero-order valence-electron chi connectivity index (χ0n) is 47.1. The number of anilines is 6. The minimum Gasteiger partial charge on any atom is -0.311 e. The van der Waals surface area contributed by atoms with Crippen LogP contribution in [0.4, 0.5) is 34.1 Å². The second kappa shape index (κ2) is 15.6. The van der Waals surface area contributed by atoms with Gasteiger partial charge in [-0.25, -0.2) is 0 Å². The number of hydrogen-bond donors (Lipinski definition) is 0. The molecule has 5 aliphatic rings. The highest BCUT2D eigenvalue weighted by Gasteiger charge is 2.51. The van der Waals surface area contributed by atoms with Crippen LogP contribution < -0.4 is 26.2 Å². The topological polar surface area (TPSA) is 6.48 Å². The van der Waals surface area contributed by atoms with Crippen molar-refractivity contribution in [1.82, 2.24) is 0 Å². The van der Waals surface area contributed by atoms with Gasteiger partial charge in [-0.2, -0.15) is 0 Å². The molecule has 7 aromatic carbocycles. The normalized spacial score (nSPS) is 19.8. The maximum absolute atomic E-state index is 2.78. The van der Waals surface area contributed by atoms with Gasteiger partial charge >= 0.3 is 0 Å². The summed E-state index contributed by atoms with van der Waals surface area (Å²) in [5.41, 5.74) is 28.9. The quantitative estimate of drug-likeness (QED) is 0.162. The molecule has 0 N–H and O–H groups in total. The van der Waals surface area contributed by atoms with E-state index in [1.54, 1.807) is 0 Å². The van der Waals surface area contributed by atoms with Crippen molar-refractivity contribution < 1.29 is 0 Å². The molecule has 0 unspecified atom stereocenters. The summed E-state index contributed by atoms with van der Waals surface area (Å²) in [6.45, 7) is 39.6. The monoisotopic (exact) mass is 959 g/mol. The maximum atomic E-state index is 2.78. The molecule has 0 amide bonds. The molecule has 0 spiro atoms. The van der Waals surface area contributed by atoms with Gasteiger partial charge in [-0.15, -0.1) is 0 Å². The molecule has 0 radical (unpaired) electrons. The van der Waals surface area contributed by atoms with Gasteiger partial charge in [0.15, 0.2) is 0 Å². The molecular formula is C70H79BN2. The molecule has 2 aliphatic heterocycles. The zero-order chi connectivity index (χ0) is 51.7. The van der Waals surface area contributed by atoms with Crippen molar-refractivity contribution in [2.24, 2.45) is 0 Å². The fraction of sp³-hybridized carbons (Fsp3) is 0.400. The van der Waals surface area contributed by atoms with Crippen molar-refractivity contribution in [3.05, 3.63) is 172 Å². The number of nitrogens with zero attached hydrogens (tertiary/aromatic N) is 2. The minimum absolute atomic E-state index is 0.0181. The van der Waals surface area contributed by atoms with Gasteiger partial charge in [0.25, 0.3) is 6.71 Å². The van der Waals surface area contributed by atoms with E-state index in [0.717, 1.165) is 12.8 Å². The molecule has 0 saturated heterocycles. The molecule has 0 saturated carbocycles. The Kier molecular flexibility index (Phi) is 10.3. The molecule has 12 rings (SSSR count). The van der Waals surface area contributed by atoms with Gasteiger partial charge in [0, 0.05) is 34.0 Å². The van der Waals surface area contributed by atoms with Crippen molar-refractivity contribution in [2.75, 3.05) is 9.80 Å². The summed E-state index contributed by atoms with van der Waals surface area (Å²) in [6.07, 6.45) is 5.83. The van der Waals surface area contributed by atoms with Crippen molar-refractivity contribution in [2.45, 2.75) is 181 Å². The van der Waals surface area contributed by atoms with E-state index >= 15 is 0 Å². The summed E-state index contributed by atoms with van der Waals surface area (Å²) < 4.78 is 0. The predicted octanol–water partition coefficient (Wildman–Crippen LogP) is 17.4. The third kappa shape index (κ3) is 7.31. The fourth-order valence-corrected chi connectivity index (χ4v) is 14.8. The van der Waals surface area contributed by atoms with Crippen molar-refractivity contribution in [1.29, 1.82) is 0 Å². The second-order valence-corrected chi connectivity index (χ2v) is 28.3. The molecule has 2 heterocycles. The largest absolute Gasteiger partial charge is 0.311 e. The van der Waals surface area contributed by atoms with E-state index in [0.29, 0.717) is 0 Å². The number of hydrogen-bond acceptors (Lipinski definition) is 2. The Hall–Kier alpha value is -5.80. The van der Waals surface area contributed by atoms with Crippen LogP contribution in [0.1, 0.15) is 180 Å². The summed E-state index contributed by atoms with van der Waals surface area (Å²) in [5.74, 6) is 0. The molecule has 3 aliphatic carbocycles. The Morgan fingerprint density at radius 2 is 0.795 bits per heavy atom. The zero-order valence-corrected chi connectivity index (χ0v) is 47.1. The first-order valence-electron chi connectivity index (χ1n) is 27.8. The van der Waals surface area contributed by atoms with E-state index in [9.17, 15) is 0 Å². The smallest absolute Gasteiger partial charge is 0.252 e. The minimum atomic E-state index is -0.138. The Bertz CT molecular complexity index is 3430. The van der Waals surface area contributed by atoms with Crippen molar-refractivity contribution in [3.63, 3.8) is 0 Å². The highest BCUT2D eigenvalue weighted by atomic mass is 15.2. The van der Waals surface area contributed by atoms with E-state index in [-0.39, 0.29) is 44.6 Å². The van der Waals surface area contributed by atoms with E-state index < -0.39 is 0 Å². The first kappa shape index (κ1) is 48.2. The maximum Gasteiger partial charge on any atom is 0.252 e. The van der Waals surface area contributed by atoms with Gasteiger partial charge in [-0.05, 0) is 197 Å². The Morgan fingerprint density at radius 1 is 0.384 bits per heavy atom. The molecule has 0 fully saturated rings. The first-order valence-corrected chi connectivity index (χ1v) is 27.8. The van der Waals surface area contributed by atoms with Crippen LogP contribution in [-0.2, 0) is 37.9 Å². The van der Waals surface area contributed by atoms with Crippen molar-refractivity contribution in [3.8, 4) is 22.3 Å². The lowest BCUT2D eigenvalue weighted by Gasteiger charge is -2.49. The molecule has 2 nitrogen and oxygen atoms in total. The van der Waals surface area contributed by atoms with Crippen molar-refractivity contribution >= 4 is 57.2 Å². The van der Waals surface area contributed by atoms with Gasteiger partial charge in [0.05, 0.1) is 5.69 Å². The molecule has 73 heavy (non-hydrogen) atoms. The summed E-state index contributed by atoms with van der Waals surface area (Å²) in [7, 11) is 0. The molecule has 372 valence electrons. The predicted molar refractivity (Wildman–Crippen MR) is 316 cm³/mol. The van der Waals surface area contributed by atoms with Crippen LogP contribution in [0.3, 0.4) is 0 Å². The van der Waals surface area contributed by atoms with Gasteiger partial charge in [0.2, 0.25) is 0 Å². The highest BCUT2D eigenvalue weighted by Crippen LogP contribution is 2.57. The molecule has 0 aromatic heterocycles. The Labute approximate surface area is 439 Å². The third-order valence-corrected chi connectivity index (χ3v) is 19.2. The molecular weight excluding hydrogens is 880 g/mol. The Balaban J connectivity index is 1.25. The standard InChI is InChI=1S/C70H79BN2/c1-43-33-49-52(67(9,10)31-29-65(49,5)6)39-58(43)73-60-41-54-51(69(13,14)42-70(54,15)16)38-56(60)71-55-37-50-53(68(11,12)32-30-66(50,7)8)40-59(55)72(61-35-47(64(2,3)4)36-62(73)63(61)71)57-28-27-46(44-23-19-17-20-24-44)34-48(57)45-25-21-18-22-26-45/h17-28,33-41H,29-32,42H2,1-16H3. The number of rotatable bonds is 4. The Morgan fingerprint density at radius 3 is 1.29 bits per heavy atom. The van der Waals surface area contributed by atoms with E-state index in [1.165, 1.54) is 137 Å². The summed E-state index contributed by atoms with van der Waals surface area (Å²) in [5, 5.41) is 0. The summed E-state index contributed by atoms with van der Waals surface area (Å²) in [4.78, 5) is 5.52. The van der Waals surface area contributed by atoms with Crippen LogP contribution in [0.2, 0.25) is 0 Å². The van der Waals surface area contributed by atoms with Crippen LogP contribution in [0.5, 0.6) is 0 Å². The highest BCUT2D eigenvalue weighted by molar-refractivity contribution is 7.00. The van der Waals surface area contributed by atoms with E-state index in [1.807, 2.05) is 0 Å². The van der Waals surface area contributed by atoms with Crippen LogP contribution >= 0.6 is 0 Å². The number of fused-ring (bicyclic) bond motifs is 7. The van der Waals surface area contributed by atoms with Gasteiger partial charge in [0.1, 0.15) is 0 Å². The second-order valence-electron chi connectivity index (χ2n) is 28.3. The molecule has 0 bridgehead atoms. The molecule has 7 aromatic rings. The number of aryl methyl sites for hydroxylation is 1. The van der Waals surface area contributed by atoms with Gasteiger partial charge in [-0.1, -0.05) is 189 Å². The third-order valence-electron chi connectivity index (χ3n) is 19.2. The first-order chi connectivity index (χ1) is 34.2. The lowest BCUT2D eigenvalue weighted by Crippen LogP contribution is -2.62. The lowest BCUT2D eigenvalue weighted by atomic mass is 9.32.